The van der Waals surface area contributed by atoms with Gasteiger partial charge in [0, 0.05) is 29.6 Å². The number of methoxy groups -OCH3 is 2. The fourth-order valence-electron chi connectivity index (χ4n) is 1.74. The number of rotatable bonds is 4. The number of nitrogen functional groups attached to an aromatic ring is 1. The average Bonchev–Trinajstić information content (AvgIpc) is 2.42. The zero-order valence-electron chi connectivity index (χ0n) is 11.0. The first kappa shape index (κ1) is 14.6. The lowest BCUT2D eigenvalue weighted by Gasteiger charge is -2.13. The molecule has 0 heterocycles. The van der Waals surface area contributed by atoms with Crippen LogP contribution in [0.15, 0.2) is 30.3 Å². The van der Waals surface area contributed by atoms with E-state index in [1.165, 1.54) is 0 Å². The van der Waals surface area contributed by atoms with Crippen LogP contribution in [0.1, 0.15) is 0 Å². The van der Waals surface area contributed by atoms with Crippen molar-refractivity contribution in [3.05, 3.63) is 40.4 Å². The zero-order valence-corrected chi connectivity index (χ0v) is 12.5. The number of nitrogens with two attached hydrogens (primary N) is 1. The molecule has 0 aliphatic heterocycles. The fraction of sp³-hybridized carbons (Fsp3) is 0.143. The monoisotopic (exact) mass is 312 g/mol. The Morgan fingerprint density at radius 1 is 0.900 bits per heavy atom. The molecule has 2 aromatic carbocycles. The predicted molar refractivity (Wildman–Crippen MR) is 83.7 cm³/mol. The minimum atomic E-state index is 0.441. The third-order valence-corrected chi connectivity index (χ3v) is 3.28. The number of benzene rings is 2. The van der Waals surface area contributed by atoms with Crippen molar-refractivity contribution < 1.29 is 9.47 Å². The summed E-state index contributed by atoms with van der Waals surface area (Å²) in [5.74, 6) is 1.32. The number of nitrogens with one attached hydrogen (secondary N) is 1. The van der Waals surface area contributed by atoms with Crippen molar-refractivity contribution in [1.82, 2.24) is 0 Å². The molecular weight excluding hydrogens is 299 g/mol. The van der Waals surface area contributed by atoms with Gasteiger partial charge >= 0.3 is 0 Å². The van der Waals surface area contributed by atoms with E-state index >= 15 is 0 Å². The molecule has 0 unspecified atom stereocenters. The van der Waals surface area contributed by atoms with Crippen LogP contribution in [0.25, 0.3) is 0 Å². The van der Waals surface area contributed by atoms with Gasteiger partial charge in [0.25, 0.3) is 0 Å². The van der Waals surface area contributed by atoms with Crippen LogP contribution in [-0.2, 0) is 0 Å². The molecule has 4 nitrogen and oxygen atoms in total. The Labute approximate surface area is 127 Å². The van der Waals surface area contributed by atoms with Gasteiger partial charge in [0.2, 0.25) is 0 Å². The van der Waals surface area contributed by atoms with Crippen LogP contribution in [0.5, 0.6) is 11.5 Å². The highest BCUT2D eigenvalue weighted by Crippen LogP contribution is 2.36. The van der Waals surface area contributed by atoms with Gasteiger partial charge in [-0.15, -0.1) is 0 Å². The van der Waals surface area contributed by atoms with Gasteiger partial charge in [-0.2, -0.15) is 0 Å². The first-order valence-electron chi connectivity index (χ1n) is 5.78. The van der Waals surface area contributed by atoms with Gasteiger partial charge in [0.1, 0.15) is 11.5 Å². The second kappa shape index (κ2) is 6.11. The Balaban J connectivity index is 2.39. The van der Waals surface area contributed by atoms with Crippen LogP contribution in [-0.4, -0.2) is 14.2 Å². The molecule has 0 bridgehead atoms. The first-order chi connectivity index (χ1) is 9.53. The van der Waals surface area contributed by atoms with Crippen LogP contribution in [0, 0.1) is 0 Å². The van der Waals surface area contributed by atoms with Crippen molar-refractivity contribution >= 4 is 40.3 Å². The molecule has 0 fully saturated rings. The second-order valence-corrected chi connectivity index (χ2v) is 4.90. The van der Waals surface area contributed by atoms with Crippen LogP contribution in [0.4, 0.5) is 17.1 Å². The fourth-order valence-corrected chi connectivity index (χ4v) is 2.33. The van der Waals surface area contributed by atoms with Gasteiger partial charge in [-0.1, -0.05) is 23.2 Å². The van der Waals surface area contributed by atoms with E-state index in [0.717, 1.165) is 5.69 Å². The Morgan fingerprint density at radius 3 is 1.85 bits per heavy atom. The molecule has 0 spiro atoms. The summed E-state index contributed by atoms with van der Waals surface area (Å²) in [4.78, 5) is 0. The summed E-state index contributed by atoms with van der Waals surface area (Å²) in [5.41, 5.74) is 7.51. The smallest absolute Gasteiger partial charge is 0.124 e. The minimum absolute atomic E-state index is 0.441. The summed E-state index contributed by atoms with van der Waals surface area (Å²) in [5, 5.41) is 4.02. The minimum Gasteiger partial charge on any atom is -0.497 e. The van der Waals surface area contributed by atoms with E-state index in [9.17, 15) is 0 Å². The number of halogens is 2. The van der Waals surface area contributed by atoms with Crippen molar-refractivity contribution in [2.24, 2.45) is 0 Å². The summed E-state index contributed by atoms with van der Waals surface area (Å²) in [7, 11) is 3.17. The first-order valence-corrected chi connectivity index (χ1v) is 6.53. The van der Waals surface area contributed by atoms with E-state index in [-0.39, 0.29) is 0 Å². The van der Waals surface area contributed by atoms with Crippen molar-refractivity contribution in [2.45, 2.75) is 0 Å². The summed E-state index contributed by atoms with van der Waals surface area (Å²) in [6, 6.07) is 8.66. The van der Waals surface area contributed by atoms with Crippen molar-refractivity contribution in [2.75, 3.05) is 25.3 Å². The maximum Gasteiger partial charge on any atom is 0.124 e. The maximum absolute atomic E-state index is 6.14. The molecule has 106 valence electrons. The number of hydrogen-bond acceptors (Lipinski definition) is 4. The molecule has 20 heavy (non-hydrogen) atoms. The van der Waals surface area contributed by atoms with Crippen molar-refractivity contribution in [3.8, 4) is 11.5 Å². The largest absolute Gasteiger partial charge is 0.497 e. The Hall–Kier alpha value is -1.78. The molecule has 0 aliphatic carbocycles. The van der Waals surface area contributed by atoms with E-state index in [4.69, 9.17) is 38.4 Å². The summed E-state index contributed by atoms with van der Waals surface area (Å²) in [6.07, 6.45) is 0. The third-order valence-electron chi connectivity index (χ3n) is 2.69. The van der Waals surface area contributed by atoms with E-state index in [1.54, 1.807) is 32.4 Å². The Kier molecular flexibility index (Phi) is 4.47. The van der Waals surface area contributed by atoms with Gasteiger partial charge in [0.05, 0.1) is 30.0 Å². The van der Waals surface area contributed by atoms with Gasteiger partial charge < -0.3 is 20.5 Å². The average molecular weight is 313 g/mol. The molecule has 0 saturated carbocycles. The Morgan fingerprint density at radius 2 is 1.40 bits per heavy atom. The van der Waals surface area contributed by atoms with E-state index < -0.39 is 0 Å². The Bertz CT molecular complexity index is 587. The topological polar surface area (TPSA) is 56.5 Å². The van der Waals surface area contributed by atoms with Gasteiger partial charge in [-0.05, 0) is 12.1 Å². The SMILES string of the molecule is COc1cc(Nc2c(Cl)cc(N)cc2Cl)cc(OC)c1. The molecule has 0 amide bonds. The van der Waals surface area contributed by atoms with Gasteiger partial charge in [-0.3, -0.25) is 0 Å². The molecule has 0 atom stereocenters. The lowest BCUT2D eigenvalue weighted by atomic mass is 10.2. The van der Waals surface area contributed by atoms with Crippen molar-refractivity contribution in [3.63, 3.8) is 0 Å². The third kappa shape index (κ3) is 3.21. The normalized spacial score (nSPS) is 10.2. The lowest BCUT2D eigenvalue weighted by molar-refractivity contribution is 0.395. The number of ether oxygens (including phenoxy) is 2. The second-order valence-electron chi connectivity index (χ2n) is 4.09. The van der Waals surface area contributed by atoms with Crippen molar-refractivity contribution in [1.29, 1.82) is 0 Å². The van der Waals surface area contributed by atoms with Crippen LogP contribution in [0.2, 0.25) is 10.0 Å². The highest BCUT2D eigenvalue weighted by Gasteiger charge is 2.09. The van der Waals surface area contributed by atoms with E-state index in [0.29, 0.717) is 32.9 Å². The van der Waals surface area contributed by atoms with Gasteiger partial charge in [-0.25, -0.2) is 0 Å². The number of hydrogen-bond donors (Lipinski definition) is 2. The van der Waals surface area contributed by atoms with E-state index in [2.05, 4.69) is 5.32 Å². The molecule has 3 N–H and O–H groups in total. The molecular formula is C14H14Cl2N2O2. The molecule has 0 aliphatic rings. The highest BCUT2D eigenvalue weighted by atomic mass is 35.5. The highest BCUT2D eigenvalue weighted by molar-refractivity contribution is 6.39. The maximum atomic E-state index is 6.14. The summed E-state index contributed by atoms with van der Waals surface area (Å²) >= 11 is 12.3. The van der Waals surface area contributed by atoms with Gasteiger partial charge in [0.15, 0.2) is 0 Å². The van der Waals surface area contributed by atoms with Crippen LogP contribution >= 0.6 is 23.2 Å². The zero-order chi connectivity index (χ0) is 14.7. The quantitative estimate of drug-likeness (QED) is 0.825. The molecule has 0 saturated heterocycles. The molecule has 2 aromatic rings. The summed E-state index contributed by atoms with van der Waals surface area (Å²) < 4.78 is 10.4. The van der Waals surface area contributed by atoms with Crippen LogP contribution < -0.4 is 20.5 Å². The number of anilines is 3. The van der Waals surface area contributed by atoms with E-state index in [1.807, 2.05) is 12.1 Å². The molecule has 2 rings (SSSR count). The predicted octanol–water partition coefficient (Wildman–Crippen LogP) is 4.34. The molecule has 6 heteroatoms. The summed E-state index contributed by atoms with van der Waals surface area (Å²) in [6.45, 7) is 0. The van der Waals surface area contributed by atoms with Crippen LogP contribution in [0.3, 0.4) is 0 Å². The lowest BCUT2D eigenvalue weighted by Crippen LogP contribution is -1.96. The standard InChI is InChI=1S/C14H14Cl2N2O2/c1-19-10-5-9(6-11(7-10)20-2)18-14-12(15)3-8(17)4-13(14)16/h3-7,18H,17H2,1-2H3. The molecule has 0 radical (unpaired) electrons. The molecule has 0 aromatic heterocycles.